The highest BCUT2D eigenvalue weighted by Crippen LogP contribution is 2.36. The van der Waals surface area contributed by atoms with Crippen molar-refractivity contribution in [2.24, 2.45) is 5.92 Å². The highest BCUT2D eigenvalue weighted by molar-refractivity contribution is 5.91. The Kier molecular flexibility index (Phi) is 6.05. The fourth-order valence-electron chi connectivity index (χ4n) is 4.10. The molecule has 1 unspecified atom stereocenters. The molecule has 3 heterocycles. The normalized spacial score (nSPS) is 15.6. The van der Waals surface area contributed by atoms with E-state index in [-0.39, 0.29) is 0 Å². The number of nitrogens with one attached hydrogen (secondary N) is 2. The van der Waals surface area contributed by atoms with Crippen molar-refractivity contribution in [3.8, 4) is 11.8 Å². The number of pyridine rings is 1. The van der Waals surface area contributed by atoms with Gasteiger partial charge >= 0.3 is 0 Å². The second-order valence-corrected chi connectivity index (χ2v) is 7.58. The SMILES string of the molecule is CCOc1ccc(N(C=O)c2c(C)c(NCC3CCNC3)c(C#N)c3ccnn23)cc1. The minimum atomic E-state index is 0.504. The third-order valence-corrected chi connectivity index (χ3v) is 5.66. The maximum absolute atomic E-state index is 12.2. The molecule has 160 valence electrons. The standard InChI is InChI=1S/C23H26N6O2/c1-3-31-19-6-4-18(5-7-19)28(15-30)23-16(2)22(26-14-17-8-10-25-13-17)20(12-24)21-9-11-27-29(21)23/h4-7,9,11,15,17,25-26H,3,8,10,13-14H2,1-2H3. The summed E-state index contributed by atoms with van der Waals surface area (Å²) in [6.45, 7) is 7.15. The van der Waals surface area contributed by atoms with Crippen LogP contribution in [0.15, 0.2) is 36.5 Å². The summed E-state index contributed by atoms with van der Waals surface area (Å²) in [4.78, 5) is 13.8. The Hall–Kier alpha value is -3.57. The third-order valence-electron chi connectivity index (χ3n) is 5.66. The number of hydrogen-bond acceptors (Lipinski definition) is 6. The first-order chi connectivity index (χ1) is 15.2. The number of rotatable bonds is 8. The zero-order valence-corrected chi connectivity index (χ0v) is 17.8. The van der Waals surface area contributed by atoms with Crippen LogP contribution in [0, 0.1) is 24.2 Å². The van der Waals surface area contributed by atoms with Gasteiger partial charge in [-0.05, 0) is 69.6 Å². The highest BCUT2D eigenvalue weighted by Gasteiger charge is 2.24. The van der Waals surface area contributed by atoms with Crippen molar-refractivity contribution in [3.63, 3.8) is 0 Å². The van der Waals surface area contributed by atoms with Crippen molar-refractivity contribution in [3.05, 3.63) is 47.7 Å². The van der Waals surface area contributed by atoms with Gasteiger partial charge in [0, 0.05) is 12.1 Å². The molecule has 1 saturated heterocycles. The first-order valence-corrected chi connectivity index (χ1v) is 10.5. The number of aromatic nitrogens is 2. The second kappa shape index (κ2) is 9.06. The van der Waals surface area contributed by atoms with E-state index >= 15 is 0 Å². The summed E-state index contributed by atoms with van der Waals surface area (Å²) in [5.74, 6) is 1.85. The summed E-state index contributed by atoms with van der Waals surface area (Å²) >= 11 is 0. The molecular weight excluding hydrogens is 392 g/mol. The van der Waals surface area contributed by atoms with Crippen LogP contribution in [-0.4, -0.2) is 42.3 Å². The van der Waals surface area contributed by atoms with Gasteiger partial charge in [0.05, 0.1) is 29.7 Å². The van der Waals surface area contributed by atoms with Gasteiger partial charge in [-0.2, -0.15) is 10.4 Å². The summed E-state index contributed by atoms with van der Waals surface area (Å²) in [5, 5.41) is 21.2. The monoisotopic (exact) mass is 418 g/mol. The van der Waals surface area contributed by atoms with Crippen LogP contribution in [0.1, 0.15) is 24.5 Å². The number of carbonyl (C=O) groups is 1. The molecule has 8 heteroatoms. The van der Waals surface area contributed by atoms with Crippen LogP contribution in [0.3, 0.4) is 0 Å². The quantitative estimate of drug-likeness (QED) is 0.546. The first-order valence-electron chi connectivity index (χ1n) is 10.5. The average Bonchev–Trinajstić information content (AvgIpc) is 3.47. The van der Waals surface area contributed by atoms with E-state index < -0.39 is 0 Å². The fourth-order valence-corrected chi connectivity index (χ4v) is 4.10. The van der Waals surface area contributed by atoms with Gasteiger partial charge in [0.2, 0.25) is 6.41 Å². The van der Waals surface area contributed by atoms with Gasteiger partial charge < -0.3 is 15.4 Å². The first kappa shape index (κ1) is 20.7. The Labute approximate surface area is 181 Å². The van der Waals surface area contributed by atoms with E-state index in [9.17, 15) is 10.1 Å². The molecule has 1 aliphatic rings. The van der Waals surface area contributed by atoms with Crippen LogP contribution in [0.2, 0.25) is 0 Å². The summed E-state index contributed by atoms with van der Waals surface area (Å²) in [5.41, 5.74) is 3.42. The van der Waals surface area contributed by atoms with Crippen molar-refractivity contribution >= 4 is 29.1 Å². The van der Waals surface area contributed by atoms with Gasteiger partial charge in [-0.1, -0.05) is 0 Å². The predicted molar refractivity (Wildman–Crippen MR) is 120 cm³/mol. The largest absolute Gasteiger partial charge is 0.494 e. The Bertz CT molecular complexity index is 1110. The lowest BCUT2D eigenvalue weighted by Crippen LogP contribution is -2.22. The lowest BCUT2D eigenvalue weighted by Gasteiger charge is -2.24. The van der Waals surface area contributed by atoms with Crippen LogP contribution in [0.25, 0.3) is 5.52 Å². The Balaban J connectivity index is 1.80. The Morgan fingerprint density at radius 1 is 1.39 bits per heavy atom. The molecule has 31 heavy (non-hydrogen) atoms. The van der Waals surface area contributed by atoms with E-state index in [0.29, 0.717) is 35.1 Å². The molecule has 0 radical (unpaired) electrons. The van der Waals surface area contributed by atoms with E-state index in [1.54, 1.807) is 21.7 Å². The molecule has 1 aliphatic heterocycles. The summed E-state index contributed by atoms with van der Waals surface area (Å²) in [7, 11) is 0. The maximum atomic E-state index is 12.2. The number of nitriles is 1. The van der Waals surface area contributed by atoms with Crippen molar-refractivity contribution in [1.29, 1.82) is 5.26 Å². The average molecular weight is 419 g/mol. The second-order valence-electron chi connectivity index (χ2n) is 7.58. The van der Waals surface area contributed by atoms with Gasteiger partial charge in [0.1, 0.15) is 23.2 Å². The molecule has 1 atom stereocenters. The van der Waals surface area contributed by atoms with E-state index in [0.717, 1.165) is 49.5 Å². The Morgan fingerprint density at radius 3 is 2.84 bits per heavy atom. The minimum Gasteiger partial charge on any atom is -0.494 e. The molecule has 2 aromatic heterocycles. The topological polar surface area (TPSA) is 94.7 Å². The molecular formula is C23H26N6O2. The molecule has 8 nitrogen and oxygen atoms in total. The number of nitrogens with zero attached hydrogens (tertiary/aromatic N) is 4. The summed E-state index contributed by atoms with van der Waals surface area (Å²) in [6, 6.07) is 11.5. The zero-order valence-electron chi connectivity index (χ0n) is 17.8. The van der Waals surface area contributed by atoms with Crippen molar-refractivity contribution in [1.82, 2.24) is 14.9 Å². The van der Waals surface area contributed by atoms with Gasteiger partial charge in [0.15, 0.2) is 0 Å². The Morgan fingerprint density at radius 2 is 2.19 bits per heavy atom. The smallest absolute Gasteiger partial charge is 0.219 e. The number of ether oxygens (including phenoxy) is 1. The fraction of sp³-hybridized carbons (Fsp3) is 0.348. The number of benzene rings is 1. The molecule has 0 aliphatic carbocycles. The van der Waals surface area contributed by atoms with E-state index in [1.807, 2.05) is 38.1 Å². The molecule has 1 amide bonds. The van der Waals surface area contributed by atoms with Gasteiger partial charge in [-0.15, -0.1) is 0 Å². The molecule has 1 aromatic carbocycles. The van der Waals surface area contributed by atoms with Gasteiger partial charge in [-0.3, -0.25) is 9.69 Å². The number of carbonyl (C=O) groups excluding carboxylic acids is 1. The molecule has 3 aromatic rings. The van der Waals surface area contributed by atoms with Crippen molar-refractivity contribution < 1.29 is 9.53 Å². The summed E-state index contributed by atoms with van der Waals surface area (Å²) < 4.78 is 7.17. The minimum absolute atomic E-state index is 0.504. The summed E-state index contributed by atoms with van der Waals surface area (Å²) in [6.07, 6.45) is 3.52. The molecule has 0 bridgehead atoms. The zero-order chi connectivity index (χ0) is 21.8. The van der Waals surface area contributed by atoms with Crippen LogP contribution in [0.5, 0.6) is 5.75 Å². The van der Waals surface area contributed by atoms with Crippen LogP contribution in [-0.2, 0) is 4.79 Å². The lowest BCUT2D eigenvalue weighted by atomic mass is 10.1. The van der Waals surface area contributed by atoms with Gasteiger partial charge in [-0.25, -0.2) is 4.52 Å². The van der Waals surface area contributed by atoms with E-state index in [1.165, 1.54) is 0 Å². The molecule has 2 N–H and O–H groups in total. The molecule has 0 spiro atoms. The predicted octanol–water partition coefficient (Wildman–Crippen LogP) is 3.23. The van der Waals surface area contributed by atoms with Crippen LogP contribution < -0.4 is 20.3 Å². The van der Waals surface area contributed by atoms with Crippen molar-refractivity contribution in [2.45, 2.75) is 20.3 Å². The van der Waals surface area contributed by atoms with E-state index in [2.05, 4.69) is 21.8 Å². The number of anilines is 3. The van der Waals surface area contributed by atoms with Crippen LogP contribution >= 0.6 is 0 Å². The lowest BCUT2D eigenvalue weighted by molar-refractivity contribution is -0.106. The third kappa shape index (κ3) is 3.92. The number of hydrogen-bond donors (Lipinski definition) is 2. The molecule has 1 fully saturated rings. The highest BCUT2D eigenvalue weighted by atomic mass is 16.5. The molecule has 0 saturated carbocycles. The number of amides is 1. The molecule has 4 rings (SSSR count). The van der Waals surface area contributed by atoms with E-state index in [4.69, 9.17) is 4.74 Å². The van der Waals surface area contributed by atoms with Gasteiger partial charge in [0.25, 0.3) is 0 Å². The number of fused-ring (bicyclic) bond motifs is 1. The van der Waals surface area contributed by atoms with Crippen molar-refractivity contribution in [2.75, 3.05) is 36.5 Å². The van der Waals surface area contributed by atoms with Crippen LogP contribution in [0.4, 0.5) is 17.2 Å². The maximum Gasteiger partial charge on any atom is 0.219 e.